The van der Waals surface area contributed by atoms with E-state index in [0.29, 0.717) is 35.0 Å². The number of fused-ring (bicyclic) bond motifs is 2. The van der Waals surface area contributed by atoms with Gasteiger partial charge in [-0.2, -0.15) is 0 Å². The first-order chi connectivity index (χ1) is 13.5. The Morgan fingerprint density at radius 1 is 1.32 bits per heavy atom. The molecule has 1 atom stereocenters. The number of nitrogens with two attached hydrogens (primary N) is 1. The maximum Gasteiger partial charge on any atom is 0.344 e. The van der Waals surface area contributed by atoms with E-state index in [2.05, 4.69) is 13.8 Å². The van der Waals surface area contributed by atoms with Crippen molar-refractivity contribution >= 4 is 34.0 Å². The summed E-state index contributed by atoms with van der Waals surface area (Å²) in [5.41, 5.74) is 9.33. The Kier molecular flexibility index (Phi) is 5.17. The zero-order chi connectivity index (χ0) is 19.7. The summed E-state index contributed by atoms with van der Waals surface area (Å²) in [4.78, 5) is 22.3. The highest BCUT2D eigenvalue weighted by Crippen LogP contribution is 2.29. The van der Waals surface area contributed by atoms with Crippen molar-refractivity contribution in [1.29, 1.82) is 0 Å². The van der Waals surface area contributed by atoms with E-state index in [1.54, 1.807) is 0 Å². The van der Waals surface area contributed by atoms with Crippen LogP contribution in [-0.4, -0.2) is 39.8 Å². The largest absolute Gasteiger partial charge is 0.459 e. The van der Waals surface area contributed by atoms with E-state index in [-0.39, 0.29) is 12.7 Å². The summed E-state index contributed by atoms with van der Waals surface area (Å²) in [7, 11) is 0. The SMILES string of the molecule is CC(C)CCn1c(N)c(C(=O)OC[C@H]2CCCO2)c2nc3ccccc3nc21. The lowest BCUT2D eigenvalue weighted by molar-refractivity contribution is 0.0163. The number of anilines is 1. The molecule has 4 rings (SSSR count). The molecule has 28 heavy (non-hydrogen) atoms. The molecule has 1 fully saturated rings. The first-order valence-corrected chi connectivity index (χ1v) is 9.87. The molecule has 1 aliphatic rings. The highest BCUT2D eigenvalue weighted by atomic mass is 16.6. The predicted molar refractivity (Wildman–Crippen MR) is 108 cm³/mol. The Morgan fingerprint density at radius 3 is 2.75 bits per heavy atom. The number of ether oxygens (including phenoxy) is 2. The number of benzene rings is 1. The molecule has 0 bridgehead atoms. The maximum atomic E-state index is 12.9. The van der Waals surface area contributed by atoms with E-state index in [1.165, 1.54) is 0 Å². The summed E-state index contributed by atoms with van der Waals surface area (Å²) in [6.07, 6.45) is 2.79. The van der Waals surface area contributed by atoms with Gasteiger partial charge < -0.3 is 19.8 Å². The van der Waals surface area contributed by atoms with Gasteiger partial charge in [0.1, 0.15) is 23.5 Å². The number of hydrogen-bond acceptors (Lipinski definition) is 6. The topological polar surface area (TPSA) is 92.3 Å². The van der Waals surface area contributed by atoms with Gasteiger partial charge in [-0.05, 0) is 37.3 Å². The number of nitrogens with zero attached hydrogens (tertiary/aromatic N) is 3. The fourth-order valence-electron chi connectivity index (χ4n) is 3.55. The van der Waals surface area contributed by atoms with E-state index in [0.717, 1.165) is 36.9 Å². The third-order valence-electron chi connectivity index (χ3n) is 5.15. The third-order valence-corrected chi connectivity index (χ3v) is 5.15. The molecular formula is C21H26N4O3. The van der Waals surface area contributed by atoms with Crippen LogP contribution in [0.25, 0.3) is 22.2 Å². The molecular weight excluding hydrogens is 356 g/mol. The number of hydrogen-bond donors (Lipinski definition) is 1. The molecule has 0 spiro atoms. The summed E-state index contributed by atoms with van der Waals surface area (Å²) in [5, 5.41) is 0. The van der Waals surface area contributed by atoms with Crippen molar-refractivity contribution in [2.75, 3.05) is 18.9 Å². The van der Waals surface area contributed by atoms with Gasteiger partial charge in [-0.25, -0.2) is 14.8 Å². The van der Waals surface area contributed by atoms with Gasteiger partial charge in [0.2, 0.25) is 0 Å². The third kappa shape index (κ3) is 3.54. The Balaban J connectivity index is 1.75. The smallest absolute Gasteiger partial charge is 0.344 e. The minimum absolute atomic E-state index is 0.0358. The van der Waals surface area contributed by atoms with Gasteiger partial charge in [-0.1, -0.05) is 26.0 Å². The maximum absolute atomic E-state index is 12.9. The normalized spacial score (nSPS) is 17.0. The van der Waals surface area contributed by atoms with Gasteiger partial charge in [0.05, 0.1) is 17.1 Å². The standard InChI is InChI=1S/C21H26N4O3/c1-13(2)9-10-25-19(22)17(21(26)28-12-14-6-5-11-27-14)18-20(25)24-16-8-4-3-7-15(16)23-18/h3-4,7-8,13-14H,5-6,9-12,22H2,1-2H3/t14-/m1/s1. The summed E-state index contributed by atoms with van der Waals surface area (Å²) < 4.78 is 13.0. The fraction of sp³-hybridized carbons (Fsp3) is 0.476. The molecule has 148 valence electrons. The van der Waals surface area contributed by atoms with Gasteiger partial charge in [0.15, 0.2) is 5.65 Å². The van der Waals surface area contributed by atoms with E-state index >= 15 is 0 Å². The molecule has 0 aliphatic carbocycles. The van der Waals surface area contributed by atoms with Crippen molar-refractivity contribution in [3.8, 4) is 0 Å². The molecule has 7 heteroatoms. The monoisotopic (exact) mass is 382 g/mol. The number of carbonyl (C=O) groups excluding carboxylic acids is 1. The highest BCUT2D eigenvalue weighted by Gasteiger charge is 2.26. The van der Waals surface area contributed by atoms with Crippen LogP contribution in [0.15, 0.2) is 24.3 Å². The van der Waals surface area contributed by atoms with Crippen LogP contribution in [0.3, 0.4) is 0 Å². The summed E-state index contributed by atoms with van der Waals surface area (Å²) >= 11 is 0. The van der Waals surface area contributed by atoms with Crippen LogP contribution in [0.2, 0.25) is 0 Å². The second-order valence-electron chi connectivity index (χ2n) is 7.71. The van der Waals surface area contributed by atoms with Crippen molar-refractivity contribution in [1.82, 2.24) is 14.5 Å². The average Bonchev–Trinajstić information content (AvgIpc) is 3.28. The van der Waals surface area contributed by atoms with Crippen LogP contribution in [0.1, 0.15) is 43.5 Å². The Morgan fingerprint density at radius 2 is 2.07 bits per heavy atom. The molecule has 2 N–H and O–H groups in total. The lowest BCUT2D eigenvalue weighted by Crippen LogP contribution is -2.18. The number of esters is 1. The molecule has 0 radical (unpaired) electrons. The lowest BCUT2D eigenvalue weighted by atomic mass is 10.1. The van der Waals surface area contributed by atoms with Gasteiger partial charge in [-0.3, -0.25) is 0 Å². The number of aryl methyl sites for hydroxylation is 1. The van der Waals surface area contributed by atoms with Crippen molar-refractivity contribution in [2.45, 2.75) is 45.8 Å². The Labute approximate surface area is 163 Å². The Hall–Kier alpha value is -2.67. The van der Waals surface area contributed by atoms with Gasteiger partial charge in [0.25, 0.3) is 0 Å². The fourth-order valence-corrected chi connectivity index (χ4v) is 3.55. The first kappa shape index (κ1) is 18.7. The molecule has 0 amide bonds. The van der Waals surface area contributed by atoms with Crippen molar-refractivity contribution in [2.24, 2.45) is 5.92 Å². The lowest BCUT2D eigenvalue weighted by Gasteiger charge is -2.11. The molecule has 3 heterocycles. The zero-order valence-corrected chi connectivity index (χ0v) is 16.4. The van der Waals surface area contributed by atoms with E-state index in [4.69, 9.17) is 25.2 Å². The number of nitrogen functional groups attached to an aromatic ring is 1. The number of carbonyl (C=O) groups is 1. The summed E-state index contributed by atoms with van der Waals surface area (Å²) in [6.45, 7) is 5.93. The molecule has 0 saturated carbocycles. The van der Waals surface area contributed by atoms with Crippen LogP contribution in [0.5, 0.6) is 0 Å². The van der Waals surface area contributed by atoms with Gasteiger partial charge in [-0.15, -0.1) is 0 Å². The van der Waals surface area contributed by atoms with E-state index in [1.807, 2.05) is 28.8 Å². The summed E-state index contributed by atoms with van der Waals surface area (Å²) in [5.74, 6) is 0.398. The quantitative estimate of drug-likeness (QED) is 0.656. The Bertz CT molecular complexity index is 1010. The minimum Gasteiger partial charge on any atom is -0.459 e. The van der Waals surface area contributed by atoms with Gasteiger partial charge in [0, 0.05) is 13.2 Å². The van der Waals surface area contributed by atoms with E-state index < -0.39 is 5.97 Å². The second kappa shape index (κ2) is 7.75. The molecule has 1 saturated heterocycles. The average molecular weight is 382 g/mol. The molecule has 0 unspecified atom stereocenters. The van der Waals surface area contributed by atoms with Crippen LogP contribution >= 0.6 is 0 Å². The molecule has 3 aromatic rings. The van der Waals surface area contributed by atoms with Crippen LogP contribution in [-0.2, 0) is 16.0 Å². The number of para-hydroxylation sites is 2. The number of rotatable bonds is 6. The molecule has 2 aromatic heterocycles. The van der Waals surface area contributed by atoms with Crippen LogP contribution in [0, 0.1) is 5.92 Å². The van der Waals surface area contributed by atoms with E-state index in [9.17, 15) is 4.79 Å². The zero-order valence-electron chi connectivity index (χ0n) is 16.4. The highest BCUT2D eigenvalue weighted by molar-refractivity contribution is 6.08. The number of aromatic nitrogens is 3. The second-order valence-corrected chi connectivity index (χ2v) is 7.71. The van der Waals surface area contributed by atoms with Crippen molar-refractivity contribution < 1.29 is 14.3 Å². The summed E-state index contributed by atoms with van der Waals surface area (Å²) in [6, 6.07) is 7.61. The van der Waals surface area contributed by atoms with Gasteiger partial charge >= 0.3 is 5.97 Å². The molecule has 1 aliphatic heterocycles. The van der Waals surface area contributed by atoms with Crippen LogP contribution < -0.4 is 5.73 Å². The molecule has 1 aromatic carbocycles. The van der Waals surface area contributed by atoms with Crippen molar-refractivity contribution in [3.05, 3.63) is 29.8 Å². The van der Waals surface area contributed by atoms with Crippen molar-refractivity contribution in [3.63, 3.8) is 0 Å². The minimum atomic E-state index is -0.467. The molecule has 7 nitrogen and oxygen atoms in total. The first-order valence-electron chi connectivity index (χ1n) is 9.87. The van der Waals surface area contributed by atoms with Crippen LogP contribution in [0.4, 0.5) is 5.82 Å². The predicted octanol–water partition coefficient (Wildman–Crippen LogP) is 3.55.